The summed E-state index contributed by atoms with van der Waals surface area (Å²) in [7, 11) is 0. The van der Waals surface area contributed by atoms with Crippen molar-refractivity contribution >= 4 is 17.6 Å². The lowest BCUT2D eigenvalue weighted by Gasteiger charge is -2.37. The van der Waals surface area contributed by atoms with Gasteiger partial charge in [-0.15, -0.1) is 0 Å². The fraction of sp³-hybridized carbons (Fsp3) is 0.889. The van der Waals surface area contributed by atoms with Crippen molar-refractivity contribution in [1.82, 2.24) is 5.32 Å². The number of esters is 1. The van der Waals surface area contributed by atoms with Crippen LogP contribution in [0.4, 0.5) is 0 Å². The van der Waals surface area contributed by atoms with Gasteiger partial charge in [0, 0.05) is 24.3 Å². The van der Waals surface area contributed by atoms with Gasteiger partial charge in [0.15, 0.2) is 6.61 Å². The number of cyclic esters (lactones) is 1. The summed E-state index contributed by atoms with van der Waals surface area (Å²) < 4.78 is 5.26. The first-order valence-corrected chi connectivity index (χ1v) is 13.6. The number of hydrogen-bond acceptors (Lipinski definition) is 8. The number of hydrogen-bond donors (Lipinski definition) is 4. The van der Waals surface area contributed by atoms with E-state index in [-0.39, 0.29) is 37.4 Å². The first-order valence-electron chi connectivity index (χ1n) is 13.6. The molecule has 0 bridgehead atoms. The van der Waals surface area contributed by atoms with Gasteiger partial charge in [-0.25, -0.2) is 0 Å². The van der Waals surface area contributed by atoms with E-state index >= 15 is 0 Å². The number of carbonyl (C=O) groups excluding carboxylic acids is 2. The van der Waals surface area contributed by atoms with E-state index < -0.39 is 35.6 Å². The van der Waals surface area contributed by atoms with Crippen LogP contribution in [0.15, 0.2) is 5.16 Å². The SMILES string of the molecule is CCCCCNC(=O)CO/N=C1/[C@H](C)C(O)[C@@H](C)CCC[C@H](C)C(O)CCOC(=O)C[C@H](O)C1(C)C. The van der Waals surface area contributed by atoms with Gasteiger partial charge >= 0.3 is 5.97 Å². The van der Waals surface area contributed by atoms with Crippen LogP contribution < -0.4 is 5.32 Å². The lowest BCUT2D eigenvalue weighted by atomic mass is 9.72. The van der Waals surface area contributed by atoms with Crippen LogP contribution in [-0.4, -0.2) is 71.0 Å². The minimum absolute atomic E-state index is 0.0431. The first-order chi connectivity index (χ1) is 16.9. The molecule has 0 spiro atoms. The van der Waals surface area contributed by atoms with Crippen LogP contribution >= 0.6 is 0 Å². The standard InChI is InChI=1S/C27H50N2O7/c1-7-8-9-14-28-23(32)17-36-29-26-20(4)25(34)19(3)12-10-11-18(2)21(30)13-15-35-24(33)16-22(31)27(26,5)6/h18-22,25,30-31,34H,7-17H2,1-6H3,(H,28,32)/b29-26-/t18-,19-,20+,21?,22-,25?/m0/s1. The predicted octanol–water partition coefficient (Wildman–Crippen LogP) is 3.19. The highest BCUT2D eigenvalue weighted by molar-refractivity contribution is 5.92. The maximum absolute atomic E-state index is 12.4. The number of aliphatic hydroxyl groups excluding tert-OH is 3. The number of amides is 1. The molecule has 9 heteroatoms. The Bertz CT molecular complexity index is 698. The Kier molecular flexibility index (Phi) is 14.5. The van der Waals surface area contributed by atoms with Crippen molar-refractivity contribution in [3.05, 3.63) is 0 Å². The molecule has 4 N–H and O–H groups in total. The molecular formula is C27H50N2O7. The summed E-state index contributed by atoms with van der Waals surface area (Å²) in [4.78, 5) is 29.9. The van der Waals surface area contributed by atoms with Crippen molar-refractivity contribution in [3.63, 3.8) is 0 Å². The number of oxime groups is 1. The van der Waals surface area contributed by atoms with E-state index in [0.29, 0.717) is 18.7 Å². The van der Waals surface area contributed by atoms with Gasteiger partial charge in [-0.2, -0.15) is 0 Å². The lowest BCUT2D eigenvalue weighted by molar-refractivity contribution is -0.147. The Labute approximate surface area is 217 Å². The van der Waals surface area contributed by atoms with Crippen molar-refractivity contribution in [3.8, 4) is 0 Å². The van der Waals surface area contributed by atoms with Crippen LogP contribution in [0.2, 0.25) is 0 Å². The summed E-state index contributed by atoms with van der Waals surface area (Å²) in [6.07, 6.45) is 2.93. The van der Waals surface area contributed by atoms with E-state index in [1.807, 2.05) is 20.8 Å². The first kappa shape index (κ1) is 32.3. The van der Waals surface area contributed by atoms with E-state index in [9.17, 15) is 24.9 Å². The predicted molar refractivity (Wildman–Crippen MR) is 139 cm³/mol. The third-order valence-electron chi connectivity index (χ3n) is 7.49. The van der Waals surface area contributed by atoms with E-state index in [0.717, 1.165) is 38.5 Å². The van der Waals surface area contributed by atoms with Crippen LogP contribution in [0.3, 0.4) is 0 Å². The van der Waals surface area contributed by atoms with E-state index in [1.165, 1.54) is 0 Å². The normalized spacial score (nSPS) is 32.0. The second kappa shape index (κ2) is 16.2. The number of ether oxygens (including phenoxy) is 1. The number of nitrogens with zero attached hydrogens (tertiary/aromatic N) is 1. The maximum Gasteiger partial charge on any atom is 0.308 e. The molecule has 1 aliphatic rings. The third-order valence-corrected chi connectivity index (χ3v) is 7.49. The number of rotatable bonds is 7. The molecule has 1 fully saturated rings. The van der Waals surface area contributed by atoms with Crippen molar-refractivity contribution in [2.24, 2.45) is 28.3 Å². The van der Waals surface area contributed by atoms with E-state index in [2.05, 4.69) is 17.4 Å². The van der Waals surface area contributed by atoms with Gasteiger partial charge in [-0.3, -0.25) is 9.59 Å². The third kappa shape index (κ3) is 10.7. The summed E-state index contributed by atoms with van der Waals surface area (Å²) >= 11 is 0. The molecule has 0 aromatic carbocycles. The maximum atomic E-state index is 12.4. The van der Waals surface area contributed by atoms with Gasteiger partial charge in [0.25, 0.3) is 5.91 Å². The molecule has 0 aromatic heterocycles. The van der Waals surface area contributed by atoms with E-state index in [1.54, 1.807) is 13.8 Å². The smallest absolute Gasteiger partial charge is 0.308 e. The molecule has 0 aliphatic carbocycles. The summed E-state index contributed by atoms with van der Waals surface area (Å²) in [5, 5.41) is 39.5. The van der Waals surface area contributed by atoms with Gasteiger partial charge in [-0.1, -0.05) is 66.0 Å². The summed E-state index contributed by atoms with van der Waals surface area (Å²) in [6.45, 7) is 11.7. The molecule has 0 saturated carbocycles. The van der Waals surface area contributed by atoms with Crippen LogP contribution in [0, 0.1) is 23.2 Å². The van der Waals surface area contributed by atoms with Gasteiger partial charge < -0.3 is 30.2 Å². The highest BCUT2D eigenvalue weighted by Crippen LogP contribution is 2.33. The van der Waals surface area contributed by atoms with Crippen LogP contribution in [0.25, 0.3) is 0 Å². The van der Waals surface area contributed by atoms with Crippen LogP contribution in [0.1, 0.15) is 92.9 Å². The molecule has 1 aliphatic heterocycles. The average Bonchev–Trinajstić information content (AvgIpc) is 2.82. The molecule has 210 valence electrons. The van der Waals surface area contributed by atoms with Crippen molar-refractivity contribution < 1.29 is 34.5 Å². The summed E-state index contributed by atoms with van der Waals surface area (Å²) in [6, 6.07) is 0. The summed E-state index contributed by atoms with van der Waals surface area (Å²) in [5.41, 5.74) is -0.654. The number of nitrogens with one attached hydrogen (secondary N) is 1. The molecule has 0 aromatic rings. The molecular weight excluding hydrogens is 464 g/mol. The Morgan fingerprint density at radius 2 is 1.78 bits per heavy atom. The Morgan fingerprint density at radius 1 is 1.11 bits per heavy atom. The topological polar surface area (TPSA) is 138 Å². The highest BCUT2D eigenvalue weighted by atomic mass is 16.6. The second-order valence-electron chi connectivity index (χ2n) is 11.0. The molecule has 1 heterocycles. The molecule has 2 unspecified atom stereocenters. The number of carbonyl (C=O) groups is 2. The zero-order valence-electron chi connectivity index (χ0n) is 23.2. The largest absolute Gasteiger partial charge is 0.465 e. The molecule has 1 rings (SSSR count). The minimum atomic E-state index is -1.16. The Hall–Kier alpha value is -1.71. The van der Waals surface area contributed by atoms with Gasteiger partial charge in [0.1, 0.15) is 0 Å². The number of unbranched alkanes of at least 4 members (excludes halogenated alkanes) is 2. The van der Waals surface area contributed by atoms with Gasteiger partial charge in [0.2, 0.25) is 0 Å². The van der Waals surface area contributed by atoms with Crippen LogP contribution in [0.5, 0.6) is 0 Å². The second-order valence-corrected chi connectivity index (χ2v) is 11.0. The Balaban J connectivity index is 3.07. The molecule has 1 saturated heterocycles. The molecule has 1 amide bonds. The molecule has 36 heavy (non-hydrogen) atoms. The Morgan fingerprint density at radius 3 is 2.44 bits per heavy atom. The lowest BCUT2D eigenvalue weighted by Crippen LogP contribution is -2.46. The fourth-order valence-electron chi connectivity index (χ4n) is 4.60. The number of aliphatic hydroxyl groups is 3. The summed E-state index contributed by atoms with van der Waals surface area (Å²) in [5.74, 6) is -1.38. The fourth-order valence-corrected chi connectivity index (χ4v) is 4.60. The van der Waals surface area contributed by atoms with Crippen LogP contribution in [-0.2, 0) is 19.2 Å². The monoisotopic (exact) mass is 514 g/mol. The van der Waals surface area contributed by atoms with Gasteiger partial charge in [-0.05, 0) is 31.1 Å². The highest BCUT2D eigenvalue weighted by Gasteiger charge is 2.41. The molecule has 6 atom stereocenters. The van der Waals surface area contributed by atoms with Gasteiger partial charge in [0.05, 0.1) is 37.1 Å². The van der Waals surface area contributed by atoms with Crippen molar-refractivity contribution in [2.75, 3.05) is 19.8 Å². The molecule has 0 radical (unpaired) electrons. The molecule has 9 nitrogen and oxygen atoms in total. The zero-order chi connectivity index (χ0) is 27.3. The zero-order valence-corrected chi connectivity index (χ0v) is 23.2. The van der Waals surface area contributed by atoms with E-state index in [4.69, 9.17) is 9.57 Å². The van der Waals surface area contributed by atoms with Crippen molar-refractivity contribution in [1.29, 1.82) is 0 Å². The average molecular weight is 515 g/mol. The quantitative estimate of drug-likeness (QED) is 0.233. The van der Waals surface area contributed by atoms with Crippen molar-refractivity contribution in [2.45, 2.75) is 111 Å². The minimum Gasteiger partial charge on any atom is -0.465 e.